The Kier molecular flexibility index (Phi) is 5.12. The second-order valence-corrected chi connectivity index (χ2v) is 6.30. The van der Waals surface area contributed by atoms with Crippen molar-refractivity contribution in [2.75, 3.05) is 7.05 Å². The van der Waals surface area contributed by atoms with E-state index in [1.54, 1.807) is 20.9 Å². The minimum atomic E-state index is -1.05. The van der Waals surface area contributed by atoms with Crippen LogP contribution in [0.15, 0.2) is 45.2 Å². The van der Waals surface area contributed by atoms with Crippen molar-refractivity contribution in [1.29, 1.82) is 0 Å². The summed E-state index contributed by atoms with van der Waals surface area (Å²) in [5.74, 6) is 0.588. The molecule has 7 nitrogen and oxygen atoms in total. The number of benzene rings is 1. The molecule has 0 unspecified atom stereocenters. The number of aryl methyl sites for hydroxylation is 2. The van der Waals surface area contributed by atoms with E-state index in [1.807, 2.05) is 30.3 Å². The summed E-state index contributed by atoms with van der Waals surface area (Å²) >= 11 is 0. The Bertz CT molecular complexity index is 972. The van der Waals surface area contributed by atoms with E-state index in [0.29, 0.717) is 28.9 Å². The fraction of sp³-hybridized carbons (Fsp3) is 0.250. The molecule has 0 bridgehead atoms. The van der Waals surface area contributed by atoms with Gasteiger partial charge in [-0.05, 0) is 32.0 Å². The third-order valence-corrected chi connectivity index (χ3v) is 4.25. The molecule has 140 valence electrons. The fourth-order valence-corrected chi connectivity index (χ4v) is 2.73. The van der Waals surface area contributed by atoms with Crippen molar-refractivity contribution in [1.82, 2.24) is 9.88 Å². The third kappa shape index (κ3) is 4.08. The number of rotatable bonds is 6. The number of aromatic nitrogens is 1. The fourth-order valence-electron chi connectivity index (χ4n) is 2.73. The van der Waals surface area contributed by atoms with E-state index in [9.17, 15) is 9.59 Å². The molecule has 1 aromatic carbocycles. The number of hydrogen-bond acceptors (Lipinski definition) is 5. The number of carboxylic acid groups (broad SMARTS) is 1. The number of likely N-dealkylation sites (N-methyl/N-ethyl adjacent to an activating group) is 1. The van der Waals surface area contributed by atoms with Crippen LogP contribution >= 0.6 is 0 Å². The summed E-state index contributed by atoms with van der Waals surface area (Å²) < 4.78 is 11.1. The number of oxazole rings is 1. The first kappa shape index (κ1) is 18.4. The molecule has 1 N–H and O–H groups in total. The van der Waals surface area contributed by atoms with E-state index in [1.165, 1.54) is 11.0 Å². The summed E-state index contributed by atoms with van der Waals surface area (Å²) in [6.45, 7) is 3.53. The van der Waals surface area contributed by atoms with Crippen molar-refractivity contribution >= 4 is 11.9 Å². The van der Waals surface area contributed by atoms with E-state index in [4.69, 9.17) is 13.9 Å². The Balaban J connectivity index is 1.69. The van der Waals surface area contributed by atoms with Crippen LogP contribution in [0.2, 0.25) is 0 Å². The van der Waals surface area contributed by atoms with Gasteiger partial charge in [-0.3, -0.25) is 4.79 Å². The van der Waals surface area contributed by atoms with Gasteiger partial charge >= 0.3 is 5.97 Å². The molecule has 3 aromatic rings. The summed E-state index contributed by atoms with van der Waals surface area (Å²) in [5, 5.41) is 9.08. The first-order valence-corrected chi connectivity index (χ1v) is 8.43. The normalized spacial score (nSPS) is 10.8. The molecule has 0 spiro atoms. The van der Waals surface area contributed by atoms with Gasteiger partial charge < -0.3 is 18.8 Å². The zero-order valence-electron chi connectivity index (χ0n) is 15.4. The van der Waals surface area contributed by atoms with Crippen LogP contribution in [-0.4, -0.2) is 33.9 Å². The number of carboxylic acids is 1. The van der Waals surface area contributed by atoms with Crippen LogP contribution in [0.3, 0.4) is 0 Å². The summed E-state index contributed by atoms with van der Waals surface area (Å²) in [5.41, 5.74) is 1.53. The molecule has 0 fully saturated rings. The van der Waals surface area contributed by atoms with Crippen molar-refractivity contribution in [2.45, 2.75) is 26.8 Å². The van der Waals surface area contributed by atoms with Gasteiger partial charge in [0.05, 0.1) is 18.7 Å². The maximum absolute atomic E-state index is 12.5. The Morgan fingerprint density at radius 1 is 1.11 bits per heavy atom. The highest BCUT2D eigenvalue weighted by Crippen LogP contribution is 2.22. The van der Waals surface area contributed by atoms with Crippen LogP contribution in [0.5, 0.6) is 0 Å². The second kappa shape index (κ2) is 7.49. The zero-order valence-corrected chi connectivity index (χ0v) is 15.4. The van der Waals surface area contributed by atoms with E-state index >= 15 is 0 Å². The maximum atomic E-state index is 12.5. The lowest BCUT2D eigenvalue weighted by Crippen LogP contribution is -2.27. The monoisotopic (exact) mass is 368 g/mol. The molecule has 0 radical (unpaired) electrons. The van der Waals surface area contributed by atoms with Gasteiger partial charge in [-0.15, -0.1) is 0 Å². The Morgan fingerprint density at radius 2 is 1.81 bits per heavy atom. The predicted octanol–water partition coefficient (Wildman–Crippen LogP) is 3.45. The minimum absolute atomic E-state index is 0.0874. The molecule has 0 aliphatic rings. The number of amides is 1. The molecule has 0 atom stereocenters. The average molecular weight is 368 g/mol. The first-order chi connectivity index (χ1) is 12.8. The molecule has 0 saturated carbocycles. The molecule has 0 aliphatic carbocycles. The van der Waals surface area contributed by atoms with Gasteiger partial charge in [0.15, 0.2) is 0 Å². The quantitative estimate of drug-likeness (QED) is 0.716. The molecule has 27 heavy (non-hydrogen) atoms. The summed E-state index contributed by atoms with van der Waals surface area (Å²) in [4.78, 5) is 29.5. The largest absolute Gasteiger partial charge is 0.478 e. The molecule has 0 aliphatic heterocycles. The zero-order chi connectivity index (χ0) is 19.6. The summed E-state index contributed by atoms with van der Waals surface area (Å²) in [6, 6.07) is 10.9. The van der Waals surface area contributed by atoms with Crippen molar-refractivity contribution in [3.05, 3.63) is 64.9 Å². The van der Waals surface area contributed by atoms with E-state index < -0.39 is 5.97 Å². The van der Waals surface area contributed by atoms with Crippen LogP contribution in [0.1, 0.15) is 33.3 Å². The summed E-state index contributed by atoms with van der Waals surface area (Å²) in [6.07, 6.45) is 0.0874. The number of carbonyl (C=O) groups is 2. The predicted molar refractivity (Wildman–Crippen MR) is 97.3 cm³/mol. The number of nitrogens with zero attached hydrogens (tertiary/aromatic N) is 2. The van der Waals surface area contributed by atoms with E-state index in [-0.39, 0.29) is 24.4 Å². The SMILES string of the molecule is Cc1oc(CN(C)C(=O)Cc2nc(-c3ccccc3)oc2C)cc1C(=O)O. The Hall–Kier alpha value is -3.35. The lowest BCUT2D eigenvalue weighted by molar-refractivity contribution is -0.130. The van der Waals surface area contributed by atoms with Crippen molar-refractivity contribution in [3.8, 4) is 11.5 Å². The topological polar surface area (TPSA) is 96.8 Å². The second-order valence-electron chi connectivity index (χ2n) is 6.30. The molecular formula is C20H20N2O5. The van der Waals surface area contributed by atoms with Crippen molar-refractivity contribution in [2.24, 2.45) is 0 Å². The lowest BCUT2D eigenvalue weighted by Gasteiger charge is -2.15. The van der Waals surface area contributed by atoms with E-state index in [2.05, 4.69) is 4.98 Å². The van der Waals surface area contributed by atoms with Gasteiger partial charge in [-0.2, -0.15) is 0 Å². The third-order valence-electron chi connectivity index (χ3n) is 4.25. The average Bonchev–Trinajstić information content (AvgIpc) is 3.18. The molecule has 1 amide bonds. The van der Waals surface area contributed by atoms with Gasteiger partial charge in [-0.25, -0.2) is 9.78 Å². The van der Waals surface area contributed by atoms with Crippen molar-refractivity contribution in [3.63, 3.8) is 0 Å². The number of aromatic carboxylic acids is 1. The molecule has 3 rings (SSSR count). The highest BCUT2D eigenvalue weighted by molar-refractivity contribution is 5.88. The number of carbonyl (C=O) groups excluding carboxylic acids is 1. The van der Waals surface area contributed by atoms with Gasteiger partial charge in [0, 0.05) is 12.6 Å². The minimum Gasteiger partial charge on any atom is -0.478 e. The Labute approximate surface area is 156 Å². The highest BCUT2D eigenvalue weighted by Gasteiger charge is 2.20. The number of furan rings is 1. The standard InChI is InChI=1S/C20H20N2O5/c1-12-16(20(24)25)9-15(26-12)11-22(3)18(23)10-17-13(2)27-19(21-17)14-7-5-4-6-8-14/h4-9H,10-11H2,1-3H3,(H,24,25). The van der Waals surface area contributed by atoms with Gasteiger partial charge in [0.1, 0.15) is 22.8 Å². The van der Waals surface area contributed by atoms with Gasteiger partial charge in [0.2, 0.25) is 11.8 Å². The van der Waals surface area contributed by atoms with Crippen LogP contribution in [0.4, 0.5) is 0 Å². The van der Waals surface area contributed by atoms with Gasteiger partial charge in [0.25, 0.3) is 0 Å². The molecule has 0 saturated heterocycles. The van der Waals surface area contributed by atoms with Gasteiger partial charge in [-0.1, -0.05) is 18.2 Å². The molecular weight excluding hydrogens is 348 g/mol. The Morgan fingerprint density at radius 3 is 2.44 bits per heavy atom. The maximum Gasteiger partial charge on any atom is 0.339 e. The van der Waals surface area contributed by atoms with Crippen LogP contribution in [0.25, 0.3) is 11.5 Å². The highest BCUT2D eigenvalue weighted by atomic mass is 16.4. The lowest BCUT2D eigenvalue weighted by atomic mass is 10.2. The van der Waals surface area contributed by atoms with Crippen LogP contribution in [0, 0.1) is 13.8 Å². The van der Waals surface area contributed by atoms with E-state index in [0.717, 1.165) is 5.56 Å². The summed E-state index contributed by atoms with van der Waals surface area (Å²) in [7, 11) is 1.63. The smallest absolute Gasteiger partial charge is 0.339 e. The molecule has 7 heteroatoms. The molecule has 2 heterocycles. The first-order valence-electron chi connectivity index (χ1n) is 8.43. The molecule has 2 aromatic heterocycles. The van der Waals surface area contributed by atoms with Crippen molar-refractivity contribution < 1.29 is 23.5 Å². The van der Waals surface area contributed by atoms with Crippen LogP contribution in [-0.2, 0) is 17.8 Å². The number of hydrogen-bond donors (Lipinski definition) is 1. The van der Waals surface area contributed by atoms with Crippen LogP contribution < -0.4 is 0 Å².